The lowest BCUT2D eigenvalue weighted by atomic mass is 9.78. The van der Waals surface area contributed by atoms with Crippen LogP contribution in [-0.4, -0.2) is 30.6 Å². The van der Waals surface area contributed by atoms with E-state index in [-0.39, 0.29) is 10.3 Å². The van der Waals surface area contributed by atoms with Crippen LogP contribution in [0, 0.1) is 0 Å². The van der Waals surface area contributed by atoms with Crippen molar-refractivity contribution in [3.05, 3.63) is 24.3 Å². The molecular formula is C17H28BO3P. The molecule has 1 saturated heterocycles. The molecule has 1 aliphatic rings. The normalized spacial score (nSPS) is 17.6. The zero-order valence-electron chi connectivity index (χ0n) is 14.7. The highest BCUT2D eigenvalue weighted by Gasteiger charge is 2.49. The monoisotopic (exact) mass is 322 g/mol. The Kier molecular flexibility index (Phi) is 4.97. The molecule has 0 saturated carbocycles. The third kappa shape index (κ3) is 3.06. The summed E-state index contributed by atoms with van der Waals surface area (Å²) in [6.45, 7) is 13.8. The van der Waals surface area contributed by atoms with Crippen LogP contribution < -0.4 is 10.8 Å². The minimum Gasteiger partial charge on any atom is -0.407 e. The largest absolute Gasteiger partial charge is 0.494 e. The molecule has 0 bridgehead atoms. The third-order valence-electron chi connectivity index (χ3n) is 4.25. The summed E-state index contributed by atoms with van der Waals surface area (Å²) in [5.74, 6) is 0. The SMILES string of the molecule is CC(C)(C)P(=O)(c1ccccc1B1OCCCO1)C(C)(C)C. The van der Waals surface area contributed by atoms with E-state index < -0.39 is 14.3 Å². The Morgan fingerprint density at radius 2 is 1.45 bits per heavy atom. The van der Waals surface area contributed by atoms with Crippen molar-refractivity contribution in [1.29, 1.82) is 0 Å². The van der Waals surface area contributed by atoms with Crippen LogP contribution in [0.25, 0.3) is 0 Å². The fraction of sp³-hybridized carbons (Fsp3) is 0.647. The van der Waals surface area contributed by atoms with E-state index in [0.29, 0.717) is 13.2 Å². The Balaban J connectivity index is 2.61. The molecule has 0 aromatic heterocycles. The molecule has 3 nitrogen and oxygen atoms in total. The van der Waals surface area contributed by atoms with Crippen LogP contribution in [-0.2, 0) is 13.9 Å². The van der Waals surface area contributed by atoms with E-state index in [4.69, 9.17) is 9.31 Å². The Labute approximate surface area is 135 Å². The van der Waals surface area contributed by atoms with Crippen LogP contribution >= 0.6 is 7.14 Å². The van der Waals surface area contributed by atoms with Crippen LogP contribution in [0.1, 0.15) is 48.0 Å². The van der Waals surface area contributed by atoms with Crippen LogP contribution in [0.2, 0.25) is 0 Å². The van der Waals surface area contributed by atoms with Crippen LogP contribution in [0.5, 0.6) is 0 Å². The molecule has 1 aromatic carbocycles. The van der Waals surface area contributed by atoms with Gasteiger partial charge in [0.1, 0.15) is 7.14 Å². The maximum absolute atomic E-state index is 14.2. The van der Waals surface area contributed by atoms with Gasteiger partial charge < -0.3 is 13.9 Å². The molecule has 0 unspecified atom stereocenters. The first-order chi connectivity index (χ1) is 10.1. The molecule has 2 rings (SSSR count). The van der Waals surface area contributed by atoms with Crippen molar-refractivity contribution in [3.8, 4) is 0 Å². The Hall–Kier alpha value is -0.565. The van der Waals surface area contributed by atoms with Gasteiger partial charge in [-0.05, 0) is 11.9 Å². The molecule has 5 heteroatoms. The number of hydrogen-bond acceptors (Lipinski definition) is 3. The van der Waals surface area contributed by atoms with E-state index in [1.54, 1.807) is 0 Å². The van der Waals surface area contributed by atoms with Gasteiger partial charge in [0, 0.05) is 28.8 Å². The number of benzene rings is 1. The highest BCUT2D eigenvalue weighted by molar-refractivity contribution is 7.74. The maximum Gasteiger partial charge on any atom is 0.494 e. The minimum absolute atomic E-state index is 0.323. The lowest BCUT2D eigenvalue weighted by Crippen LogP contribution is -2.50. The molecule has 0 radical (unpaired) electrons. The second kappa shape index (κ2) is 6.15. The predicted octanol–water partition coefficient (Wildman–Crippen LogP) is 3.40. The standard InChI is InChI=1S/C17H28BO3P/c1-16(2,3)22(19,17(4,5)6)15-11-8-7-10-14(15)18-20-12-9-13-21-18/h7-8,10-11H,9,12-13H2,1-6H3. The van der Waals surface area contributed by atoms with Gasteiger partial charge in [0.05, 0.1) is 0 Å². The van der Waals surface area contributed by atoms with E-state index >= 15 is 0 Å². The lowest BCUT2D eigenvalue weighted by Gasteiger charge is -2.42. The Morgan fingerprint density at radius 1 is 0.955 bits per heavy atom. The summed E-state index contributed by atoms with van der Waals surface area (Å²) in [5.41, 5.74) is 0.926. The zero-order chi connectivity index (χ0) is 16.6. The molecular weight excluding hydrogens is 294 g/mol. The van der Waals surface area contributed by atoms with Crippen molar-refractivity contribution in [2.24, 2.45) is 0 Å². The average Bonchev–Trinajstić information content (AvgIpc) is 2.45. The summed E-state index contributed by atoms with van der Waals surface area (Å²) < 4.78 is 25.8. The molecule has 22 heavy (non-hydrogen) atoms. The van der Waals surface area contributed by atoms with Gasteiger partial charge in [-0.2, -0.15) is 0 Å². The third-order valence-corrected chi connectivity index (χ3v) is 9.11. The summed E-state index contributed by atoms with van der Waals surface area (Å²) in [7, 11) is -3.10. The molecule has 0 N–H and O–H groups in total. The van der Waals surface area contributed by atoms with Crippen molar-refractivity contribution < 1.29 is 13.9 Å². The van der Waals surface area contributed by atoms with Gasteiger partial charge >= 0.3 is 7.12 Å². The second-order valence-electron chi connectivity index (χ2n) is 7.94. The topological polar surface area (TPSA) is 35.5 Å². The van der Waals surface area contributed by atoms with E-state index in [9.17, 15) is 4.57 Å². The molecule has 1 aromatic rings. The van der Waals surface area contributed by atoms with E-state index in [2.05, 4.69) is 41.5 Å². The summed E-state index contributed by atoms with van der Waals surface area (Å²) >= 11 is 0. The number of rotatable bonds is 2. The van der Waals surface area contributed by atoms with E-state index in [1.165, 1.54) is 0 Å². The summed E-state index contributed by atoms with van der Waals surface area (Å²) in [6.07, 6.45) is 0.912. The van der Waals surface area contributed by atoms with Gasteiger partial charge in [-0.3, -0.25) is 0 Å². The van der Waals surface area contributed by atoms with Crippen molar-refractivity contribution in [1.82, 2.24) is 0 Å². The van der Waals surface area contributed by atoms with Gasteiger partial charge in [0.25, 0.3) is 0 Å². The van der Waals surface area contributed by atoms with Crippen LogP contribution in [0.3, 0.4) is 0 Å². The zero-order valence-corrected chi connectivity index (χ0v) is 15.6. The van der Waals surface area contributed by atoms with Crippen molar-refractivity contribution in [2.45, 2.75) is 58.3 Å². The van der Waals surface area contributed by atoms with Crippen LogP contribution in [0.15, 0.2) is 24.3 Å². The highest BCUT2D eigenvalue weighted by Crippen LogP contribution is 2.65. The first kappa shape index (κ1) is 17.8. The van der Waals surface area contributed by atoms with Gasteiger partial charge in [-0.25, -0.2) is 0 Å². The maximum atomic E-state index is 14.2. The average molecular weight is 322 g/mol. The van der Waals surface area contributed by atoms with E-state index in [0.717, 1.165) is 17.2 Å². The fourth-order valence-electron chi connectivity index (χ4n) is 3.37. The van der Waals surface area contributed by atoms with Gasteiger partial charge in [0.15, 0.2) is 0 Å². The summed E-state index contributed by atoms with van der Waals surface area (Å²) in [6, 6.07) is 7.92. The lowest BCUT2D eigenvalue weighted by molar-refractivity contribution is 0.143. The summed E-state index contributed by atoms with van der Waals surface area (Å²) in [4.78, 5) is 0. The van der Waals surface area contributed by atoms with Crippen molar-refractivity contribution in [2.75, 3.05) is 13.2 Å². The molecule has 0 spiro atoms. The first-order valence-corrected chi connectivity index (χ1v) is 9.72. The molecule has 0 amide bonds. The molecule has 122 valence electrons. The molecule has 0 atom stereocenters. The molecule has 1 heterocycles. The van der Waals surface area contributed by atoms with Gasteiger partial charge in [0.2, 0.25) is 0 Å². The quantitative estimate of drug-likeness (QED) is 0.618. The first-order valence-electron chi connectivity index (χ1n) is 8.02. The minimum atomic E-state index is -2.70. The second-order valence-corrected chi connectivity index (χ2v) is 12.3. The smallest absolute Gasteiger partial charge is 0.407 e. The van der Waals surface area contributed by atoms with Gasteiger partial charge in [-0.1, -0.05) is 65.8 Å². The summed E-state index contributed by atoms with van der Waals surface area (Å²) in [5, 5.41) is 0.258. The highest BCUT2D eigenvalue weighted by atomic mass is 31.2. The molecule has 1 aliphatic heterocycles. The fourth-order valence-corrected chi connectivity index (χ4v) is 7.67. The Bertz CT molecular complexity index is 548. The number of hydrogen-bond donors (Lipinski definition) is 0. The van der Waals surface area contributed by atoms with E-state index in [1.807, 2.05) is 24.3 Å². The molecule has 0 aliphatic carbocycles. The van der Waals surface area contributed by atoms with Crippen LogP contribution in [0.4, 0.5) is 0 Å². The molecule has 1 fully saturated rings. The van der Waals surface area contributed by atoms with Crippen molar-refractivity contribution in [3.63, 3.8) is 0 Å². The Morgan fingerprint density at radius 3 is 1.95 bits per heavy atom. The van der Waals surface area contributed by atoms with Gasteiger partial charge in [-0.15, -0.1) is 0 Å². The predicted molar refractivity (Wildman–Crippen MR) is 95.1 cm³/mol. The van der Waals surface area contributed by atoms with Crippen molar-refractivity contribution >= 4 is 25.0 Å².